The molecule has 1 fully saturated rings. The van der Waals surface area contributed by atoms with Gasteiger partial charge in [-0.15, -0.1) is 0 Å². The maximum atomic E-state index is 11.5. The highest BCUT2D eigenvalue weighted by atomic mass is 127. The highest BCUT2D eigenvalue weighted by Gasteiger charge is 2.36. The fraction of sp³-hybridized carbons (Fsp3) is 0.875. The molecule has 12 heavy (non-hydrogen) atoms. The predicted molar refractivity (Wildman–Crippen MR) is 66.5 cm³/mol. The van der Waals surface area contributed by atoms with Gasteiger partial charge in [-0.3, -0.25) is 4.79 Å². The van der Waals surface area contributed by atoms with Crippen molar-refractivity contribution in [1.82, 2.24) is 5.32 Å². The second kappa shape index (κ2) is 3.98. The van der Waals surface area contributed by atoms with Crippen molar-refractivity contribution in [3.63, 3.8) is 0 Å². The maximum absolute atomic E-state index is 11.5. The highest BCUT2D eigenvalue weighted by Crippen LogP contribution is 2.37. The van der Waals surface area contributed by atoms with Crippen molar-refractivity contribution >= 4 is 51.1 Å². The third kappa shape index (κ3) is 2.71. The number of alkyl halides is 2. The lowest BCUT2D eigenvalue weighted by atomic mass is 9.88. The molecule has 1 unspecified atom stereocenters. The third-order valence-electron chi connectivity index (χ3n) is 2.22. The van der Waals surface area contributed by atoms with E-state index in [0.717, 1.165) is 12.8 Å². The normalized spacial score (nSPS) is 28.8. The van der Waals surface area contributed by atoms with Gasteiger partial charge in [-0.2, -0.15) is 0 Å². The Bertz CT molecular complexity index is 191. The molecule has 1 N–H and O–H groups in total. The first-order valence-corrected chi connectivity index (χ1v) is 6.28. The van der Waals surface area contributed by atoms with Crippen LogP contribution in [-0.4, -0.2) is 7.46 Å². The fourth-order valence-electron chi connectivity index (χ4n) is 1.44. The summed E-state index contributed by atoms with van der Waals surface area (Å²) < 4.78 is -0.0437. The standard InChI is InChI=1S/C8H13I2NO/c1-5(2)6-3-4-8(9,10)11-7(6)12/h5-6H,3-4H2,1-2H3,(H,11,12). The minimum atomic E-state index is -0.0437. The van der Waals surface area contributed by atoms with E-state index < -0.39 is 0 Å². The zero-order valence-electron chi connectivity index (χ0n) is 7.23. The zero-order valence-corrected chi connectivity index (χ0v) is 11.5. The van der Waals surface area contributed by atoms with Gasteiger partial charge in [0.05, 0.1) is 0 Å². The Balaban J connectivity index is 2.60. The van der Waals surface area contributed by atoms with Gasteiger partial charge in [-0.25, -0.2) is 0 Å². The van der Waals surface area contributed by atoms with Crippen LogP contribution < -0.4 is 5.32 Å². The number of piperidine rings is 1. The van der Waals surface area contributed by atoms with Gasteiger partial charge in [0.25, 0.3) is 0 Å². The summed E-state index contributed by atoms with van der Waals surface area (Å²) in [6.45, 7) is 4.22. The van der Waals surface area contributed by atoms with Gasteiger partial charge in [0, 0.05) is 5.92 Å². The summed E-state index contributed by atoms with van der Waals surface area (Å²) in [5, 5.41) is 3.02. The molecular formula is C8H13I2NO. The SMILES string of the molecule is CC(C)C1CCC(I)(I)NC1=O. The summed E-state index contributed by atoms with van der Waals surface area (Å²) in [6.07, 6.45) is 2.10. The molecule has 0 radical (unpaired) electrons. The lowest BCUT2D eigenvalue weighted by molar-refractivity contribution is -0.128. The van der Waals surface area contributed by atoms with E-state index in [1.54, 1.807) is 0 Å². The molecule has 1 rings (SSSR count). The molecular weight excluding hydrogens is 380 g/mol. The molecule has 2 nitrogen and oxygen atoms in total. The van der Waals surface area contributed by atoms with Gasteiger partial charge in [0.15, 0.2) is 0 Å². The molecule has 0 aliphatic carbocycles. The molecule has 1 amide bonds. The van der Waals surface area contributed by atoms with Crippen LogP contribution in [0.5, 0.6) is 0 Å². The van der Waals surface area contributed by atoms with E-state index in [0.29, 0.717) is 5.92 Å². The molecule has 0 spiro atoms. The van der Waals surface area contributed by atoms with E-state index in [-0.39, 0.29) is 13.4 Å². The van der Waals surface area contributed by atoms with Gasteiger partial charge in [0.2, 0.25) is 5.91 Å². The van der Waals surface area contributed by atoms with E-state index >= 15 is 0 Å². The lowest BCUT2D eigenvalue weighted by Crippen LogP contribution is -2.48. The first kappa shape index (κ1) is 11.0. The lowest BCUT2D eigenvalue weighted by Gasteiger charge is -2.33. The second-order valence-electron chi connectivity index (χ2n) is 3.58. The number of carbonyl (C=O) groups excluding carboxylic acids is 1. The Morgan fingerprint density at radius 3 is 2.58 bits per heavy atom. The summed E-state index contributed by atoms with van der Waals surface area (Å²) in [7, 11) is 0. The number of carbonyl (C=O) groups is 1. The summed E-state index contributed by atoms with van der Waals surface area (Å²) in [4.78, 5) is 11.5. The summed E-state index contributed by atoms with van der Waals surface area (Å²) >= 11 is 4.59. The molecule has 1 atom stereocenters. The van der Waals surface area contributed by atoms with Crippen LogP contribution in [0.3, 0.4) is 0 Å². The first-order valence-electron chi connectivity index (χ1n) is 4.12. The Labute approximate surface area is 101 Å². The van der Waals surface area contributed by atoms with Crippen LogP contribution in [0.25, 0.3) is 0 Å². The second-order valence-corrected chi connectivity index (χ2v) is 9.33. The van der Waals surface area contributed by atoms with Crippen LogP contribution >= 0.6 is 45.2 Å². The summed E-state index contributed by atoms with van der Waals surface area (Å²) in [5.74, 6) is 0.914. The van der Waals surface area contributed by atoms with Crippen molar-refractivity contribution < 1.29 is 4.79 Å². The van der Waals surface area contributed by atoms with Gasteiger partial charge >= 0.3 is 0 Å². The van der Waals surface area contributed by atoms with Crippen molar-refractivity contribution in [2.75, 3.05) is 0 Å². The Morgan fingerprint density at radius 1 is 1.58 bits per heavy atom. The Morgan fingerprint density at radius 2 is 2.17 bits per heavy atom. The van der Waals surface area contributed by atoms with Gasteiger partial charge in [-0.05, 0) is 63.9 Å². The average molecular weight is 393 g/mol. The molecule has 1 aliphatic rings. The Hall–Kier alpha value is 0.930. The van der Waals surface area contributed by atoms with Crippen LogP contribution in [0.2, 0.25) is 0 Å². The summed E-state index contributed by atoms with van der Waals surface area (Å²) in [6, 6.07) is 0. The largest absolute Gasteiger partial charge is 0.333 e. The number of rotatable bonds is 1. The van der Waals surface area contributed by atoms with Crippen LogP contribution in [-0.2, 0) is 4.79 Å². The molecule has 0 aromatic heterocycles. The van der Waals surface area contributed by atoms with Crippen LogP contribution in [0, 0.1) is 11.8 Å². The van der Waals surface area contributed by atoms with E-state index in [2.05, 4.69) is 64.3 Å². The Kier molecular flexibility index (Phi) is 3.65. The predicted octanol–water partition coefficient (Wildman–Crippen LogP) is 2.69. The molecule has 0 aromatic carbocycles. The van der Waals surface area contributed by atoms with E-state index in [4.69, 9.17) is 0 Å². The van der Waals surface area contributed by atoms with Gasteiger partial charge in [-0.1, -0.05) is 13.8 Å². The highest BCUT2D eigenvalue weighted by molar-refractivity contribution is 14.2. The number of halogens is 2. The number of hydrogen-bond donors (Lipinski definition) is 1. The molecule has 1 saturated heterocycles. The minimum absolute atomic E-state index is 0.0437. The number of hydrogen-bond acceptors (Lipinski definition) is 1. The van der Waals surface area contributed by atoms with Crippen molar-refractivity contribution in [2.24, 2.45) is 11.8 Å². The minimum Gasteiger partial charge on any atom is -0.333 e. The van der Waals surface area contributed by atoms with E-state index in [1.165, 1.54) is 0 Å². The number of amides is 1. The third-order valence-corrected chi connectivity index (χ3v) is 3.84. The molecule has 1 heterocycles. The van der Waals surface area contributed by atoms with E-state index in [9.17, 15) is 4.79 Å². The quantitative estimate of drug-likeness (QED) is 0.415. The fourth-order valence-corrected chi connectivity index (χ4v) is 2.59. The van der Waals surface area contributed by atoms with Crippen LogP contribution in [0.15, 0.2) is 0 Å². The average Bonchev–Trinajstić information content (AvgIpc) is 1.83. The van der Waals surface area contributed by atoms with Crippen molar-refractivity contribution in [1.29, 1.82) is 0 Å². The van der Waals surface area contributed by atoms with Crippen molar-refractivity contribution in [3.8, 4) is 0 Å². The van der Waals surface area contributed by atoms with Crippen molar-refractivity contribution in [3.05, 3.63) is 0 Å². The number of nitrogens with one attached hydrogen (secondary N) is 1. The first-order chi connectivity index (χ1) is 5.42. The van der Waals surface area contributed by atoms with Crippen LogP contribution in [0.1, 0.15) is 26.7 Å². The van der Waals surface area contributed by atoms with E-state index in [1.807, 2.05) is 0 Å². The zero-order chi connectivity index (χ0) is 9.35. The molecule has 70 valence electrons. The maximum Gasteiger partial charge on any atom is 0.224 e. The van der Waals surface area contributed by atoms with Crippen molar-refractivity contribution in [2.45, 2.75) is 28.2 Å². The molecule has 1 aliphatic heterocycles. The monoisotopic (exact) mass is 393 g/mol. The molecule has 0 bridgehead atoms. The van der Waals surface area contributed by atoms with Crippen LogP contribution in [0.4, 0.5) is 0 Å². The molecule has 0 aromatic rings. The molecule has 4 heteroatoms. The summed E-state index contributed by atoms with van der Waals surface area (Å²) in [5.41, 5.74) is 0. The smallest absolute Gasteiger partial charge is 0.224 e. The van der Waals surface area contributed by atoms with Gasteiger partial charge < -0.3 is 5.32 Å². The molecule has 0 saturated carbocycles. The topological polar surface area (TPSA) is 29.1 Å². The van der Waals surface area contributed by atoms with Gasteiger partial charge in [0.1, 0.15) is 1.55 Å².